The lowest BCUT2D eigenvalue weighted by Crippen LogP contribution is -2.13. The van der Waals surface area contributed by atoms with E-state index >= 15 is 0 Å². The van der Waals surface area contributed by atoms with Crippen LogP contribution >= 0.6 is 15.9 Å². The number of primary amides is 1. The first-order valence-corrected chi connectivity index (χ1v) is 8.25. The maximum atomic E-state index is 12.0. The van der Waals surface area contributed by atoms with E-state index < -0.39 is 5.91 Å². The van der Waals surface area contributed by atoms with E-state index in [1.165, 1.54) is 0 Å². The van der Waals surface area contributed by atoms with Crippen molar-refractivity contribution in [2.75, 3.05) is 7.11 Å². The van der Waals surface area contributed by atoms with E-state index in [0.717, 1.165) is 15.6 Å². The summed E-state index contributed by atoms with van der Waals surface area (Å²) in [6.07, 6.45) is 0. The molecule has 0 bridgehead atoms. The Morgan fingerprint density at radius 1 is 1.29 bits per heavy atom. The Morgan fingerprint density at radius 3 is 2.67 bits per heavy atom. The van der Waals surface area contributed by atoms with E-state index in [4.69, 9.17) is 10.5 Å². The largest absolute Gasteiger partial charge is 0.496 e. The number of benzene rings is 2. The van der Waals surface area contributed by atoms with Gasteiger partial charge in [-0.2, -0.15) is 0 Å². The molecule has 6 nitrogen and oxygen atoms in total. The molecule has 0 spiro atoms. The van der Waals surface area contributed by atoms with Gasteiger partial charge in [0.15, 0.2) is 0 Å². The van der Waals surface area contributed by atoms with Gasteiger partial charge in [0.1, 0.15) is 11.3 Å². The van der Waals surface area contributed by atoms with Gasteiger partial charge in [0.25, 0.3) is 0 Å². The van der Waals surface area contributed by atoms with Crippen molar-refractivity contribution in [2.45, 2.75) is 19.9 Å². The molecule has 0 fully saturated rings. The standard InChI is InChI=1S/C17H17BrN4O2/c1-9(2)22-12-8-7-11(17(19)23)14(16(12)20-21-22)10-5-4-6-13(24-3)15(10)18/h4-9H,1-3H3,(H2,19,23). The summed E-state index contributed by atoms with van der Waals surface area (Å²) in [4.78, 5) is 12.0. The van der Waals surface area contributed by atoms with Crippen LogP contribution in [0.15, 0.2) is 34.8 Å². The monoisotopic (exact) mass is 388 g/mol. The number of nitrogens with zero attached hydrogens (tertiary/aromatic N) is 3. The van der Waals surface area contributed by atoms with Crippen molar-refractivity contribution < 1.29 is 9.53 Å². The Morgan fingerprint density at radius 2 is 2.04 bits per heavy atom. The second kappa shape index (κ2) is 6.24. The van der Waals surface area contributed by atoms with Crippen LogP contribution in [0.2, 0.25) is 0 Å². The molecule has 3 rings (SSSR count). The molecule has 0 aliphatic rings. The predicted molar refractivity (Wildman–Crippen MR) is 96.1 cm³/mol. The van der Waals surface area contributed by atoms with Crippen molar-refractivity contribution in [1.29, 1.82) is 0 Å². The normalized spacial score (nSPS) is 11.2. The number of hydrogen-bond donors (Lipinski definition) is 1. The maximum absolute atomic E-state index is 12.0. The third kappa shape index (κ3) is 2.54. The minimum absolute atomic E-state index is 0.149. The van der Waals surface area contributed by atoms with Crippen LogP contribution in [0, 0.1) is 0 Å². The number of rotatable bonds is 4. The smallest absolute Gasteiger partial charge is 0.249 e. The Balaban J connectivity index is 2.41. The molecule has 124 valence electrons. The molecule has 0 saturated carbocycles. The molecule has 1 amide bonds. The predicted octanol–water partition coefficient (Wildman–Crippen LogP) is 3.55. The summed E-state index contributed by atoms with van der Waals surface area (Å²) in [6, 6.07) is 9.28. The summed E-state index contributed by atoms with van der Waals surface area (Å²) in [5, 5.41) is 8.52. The molecule has 1 heterocycles. The van der Waals surface area contributed by atoms with E-state index in [1.807, 2.05) is 42.8 Å². The van der Waals surface area contributed by atoms with Crippen molar-refractivity contribution in [2.24, 2.45) is 5.73 Å². The minimum Gasteiger partial charge on any atom is -0.496 e. The number of ether oxygens (including phenoxy) is 1. The average molecular weight is 389 g/mol. The summed E-state index contributed by atoms with van der Waals surface area (Å²) in [5.41, 5.74) is 8.90. The Hall–Kier alpha value is -2.41. The number of carbonyl (C=O) groups excluding carboxylic acids is 1. The van der Waals surface area contributed by atoms with Crippen molar-refractivity contribution in [1.82, 2.24) is 15.0 Å². The van der Waals surface area contributed by atoms with Gasteiger partial charge in [-0.3, -0.25) is 4.79 Å². The van der Waals surface area contributed by atoms with E-state index in [0.29, 0.717) is 22.4 Å². The molecule has 0 aliphatic carbocycles. The SMILES string of the molecule is COc1cccc(-c2c(C(N)=O)ccc3c2nnn3C(C)C)c1Br. The topological polar surface area (TPSA) is 83.0 Å². The van der Waals surface area contributed by atoms with Gasteiger partial charge in [-0.1, -0.05) is 17.3 Å². The van der Waals surface area contributed by atoms with E-state index in [-0.39, 0.29) is 6.04 Å². The minimum atomic E-state index is -0.513. The number of carbonyl (C=O) groups is 1. The molecule has 2 aromatic carbocycles. The fourth-order valence-electron chi connectivity index (χ4n) is 2.73. The molecular formula is C17H17BrN4O2. The highest BCUT2D eigenvalue weighted by Gasteiger charge is 2.21. The fourth-order valence-corrected chi connectivity index (χ4v) is 3.35. The number of aromatic nitrogens is 3. The molecule has 7 heteroatoms. The maximum Gasteiger partial charge on any atom is 0.249 e. The van der Waals surface area contributed by atoms with Gasteiger partial charge >= 0.3 is 0 Å². The summed E-state index contributed by atoms with van der Waals surface area (Å²) in [7, 11) is 1.59. The second-order valence-electron chi connectivity index (χ2n) is 5.67. The zero-order chi connectivity index (χ0) is 17.4. The number of fused-ring (bicyclic) bond motifs is 1. The quantitative estimate of drug-likeness (QED) is 0.740. The number of amides is 1. The Labute approximate surface area is 147 Å². The highest BCUT2D eigenvalue weighted by atomic mass is 79.9. The molecule has 24 heavy (non-hydrogen) atoms. The van der Waals surface area contributed by atoms with Crippen molar-refractivity contribution in [3.05, 3.63) is 40.4 Å². The molecule has 1 aromatic heterocycles. The first kappa shape index (κ1) is 16.4. The fraction of sp³-hybridized carbons (Fsp3) is 0.235. The van der Waals surface area contributed by atoms with E-state index in [2.05, 4.69) is 26.2 Å². The summed E-state index contributed by atoms with van der Waals surface area (Å²) < 4.78 is 7.91. The van der Waals surface area contributed by atoms with Gasteiger partial charge in [-0.05, 0) is 48.0 Å². The number of methoxy groups -OCH3 is 1. The molecule has 2 N–H and O–H groups in total. The van der Waals surface area contributed by atoms with Crippen molar-refractivity contribution in [3.63, 3.8) is 0 Å². The van der Waals surface area contributed by atoms with E-state index in [9.17, 15) is 4.79 Å². The lowest BCUT2D eigenvalue weighted by atomic mass is 9.97. The van der Waals surface area contributed by atoms with Gasteiger partial charge in [0.2, 0.25) is 5.91 Å². The second-order valence-corrected chi connectivity index (χ2v) is 6.46. The summed E-state index contributed by atoms with van der Waals surface area (Å²) in [5.74, 6) is 0.150. The van der Waals surface area contributed by atoms with Gasteiger partial charge < -0.3 is 10.5 Å². The first-order chi connectivity index (χ1) is 11.5. The van der Waals surface area contributed by atoms with Crippen LogP contribution in [-0.4, -0.2) is 28.0 Å². The van der Waals surface area contributed by atoms with E-state index in [1.54, 1.807) is 13.2 Å². The molecule has 0 unspecified atom stereocenters. The van der Waals surface area contributed by atoms with Crippen LogP contribution < -0.4 is 10.5 Å². The molecular weight excluding hydrogens is 372 g/mol. The lowest BCUT2D eigenvalue weighted by Gasteiger charge is -2.13. The van der Waals surface area contributed by atoms with Crippen LogP contribution in [0.4, 0.5) is 0 Å². The molecule has 3 aromatic rings. The van der Waals surface area contributed by atoms with Crippen molar-refractivity contribution >= 4 is 32.9 Å². The lowest BCUT2D eigenvalue weighted by molar-refractivity contribution is 0.100. The number of hydrogen-bond acceptors (Lipinski definition) is 4. The number of nitrogens with two attached hydrogens (primary N) is 1. The third-order valence-corrected chi connectivity index (χ3v) is 4.67. The summed E-state index contributed by atoms with van der Waals surface area (Å²) in [6.45, 7) is 4.05. The zero-order valence-electron chi connectivity index (χ0n) is 13.6. The van der Waals surface area contributed by atoms with Gasteiger partial charge in [0, 0.05) is 22.7 Å². The summed E-state index contributed by atoms with van der Waals surface area (Å²) >= 11 is 3.55. The molecule has 0 saturated heterocycles. The molecule has 0 atom stereocenters. The first-order valence-electron chi connectivity index (χ1n) is 7.46. The Bertz CT molecular complexity index is 934. The van der Waals surface area contributed by atoms with Crippen LogP contribution in [0.5, 0.6) is 5.75 Å². The molecule has 0 aliphatic heterocycles. The highest BCUT2D eigenvalue weighted by molar-refractivity contribution is 9.10. The van der Waals surface area contributed by atoms with Crippen LogP contribution in [0.1, 0.15) is 30.2 Å². The average Bonchev–Trinajstić information content (AvgIpc) is 2.98. The number of halogens is 1. The zero-order valence-corrected chi connectivity index (χ0v) is 15.2. The van der Waals surface area contributed by atoms with Gasteiger partial charge in [0.05, 0.1) is 17.1 Å². The van der Waals surface area contributed by atoms with Crippen LogP contribution in [0.25, 0.3) is 22.2 Å². The van der Waals surface area contributed by atoms with Gasteiger partial charge in [-0.15, -0.1) is 5.10 Å². The molecule has 0 radical (unpaired) electrons. The van der Waals surface area contributed by atoms with Crippen LogP contribution in [-0.2, 0) is 0 Å². The van der Waals surface area contributed by atoms with Crippen molar-refractivity contribution in [3.8, 4) is 16.9 Å². The van der Waals surface area contributed by atoms with Crippen LogP contribution in [0.3, 0.4) is 0 Å². The Kier molecular flexibility index (Phi) is 4.28. The van der Waals surface area contributed by atoms with Gasteiger partial charge in [-0.25, -0.2) is 4.68 Å². The third-order valence-electron chi connectivity index (χ3n) is 3.85. The highest BCUT2D eigenvalue weighted by Crippen LogP contribution is 2.40.